The minimum Gasteiger partial charge on any atom is -0.467 e. The van der Waals surface area contributed by atoms with E-state index in [-0.39, 0.29) is 24.5 Å². The lowest BCUT2D eigenvalue weighted by atomic mass is 9.99. The maximum absolute atomic E-state index is 12.5. The minimum absolute atomic E-state index is 0.00789. The zero-order valence-electron chi connectivity index (χ0n) is 18.8. The first-order valence-corrected chi connectivity index (χ1v) is 10.9. The molecule has 0 aliphatic rings. The molecule has 0 radical (unpaired) electrons. The normalized spacial score (nSPS) is 12.0. The quantitative estimate of drug-likeness (QED) is 0.369. The molecule has 2 aromatic carbocycles. The average Bonchev–Trinajstić information content (AvgIpc) is 3.19. The summed E-state index contributed by atoms with van der Waals surface area (Å²) >= 11 is 0. The summed E-state index contributed by atoms with van der Waals surface area (Å²) in [6, 6.07) is 14.5. The highest BCUT2D eigenvalue weighted by molar-refractivity contribution is 5.98. The summed E-state index contributed by atoms with van der Waals surface area (Å²) in [6.45, 7) is 4.30. The molecule has 0 unspecified atom stereocenters. The van der Waals surface area contributed by atoms with Crippen LogP contribution in [0.4, 0.5) is 0 Å². The van der Waals surface area contributed by atoms with Gasteiger partial charge in [-0.05, 0) is 29.5 Å². The van der Waals surface area contributed by atoms with Crippen molar-refractivity contribution in [1.29, 1.82) is 0 Å². The number of rotatable bonds is 10. The number of Topliss-reactive ketones (excluding diaryl/α,β-unsaturated/α-hetero) is 1. The van der Waals surface area contributed by atoms with E-state index < -0.39 is 12.0 Å². The largest absolute Gasteiger partial charge is 0.467 e. The Morgan fingerprint density at radius 3 is 2.38 bits per heavy atom. The SMILES string of the molecule is COC(=O)[C@@H](Cc1c[nH]c2ccccc12)NC(=O)CCC(=O)c1ccc(CC(C)C)cc1. The van der Waals surface area contributed by atoms with Crippen LogP contribution in [0.25, 0.3) is 10.9 Å². The Morgan fingerprint density at radius 2 is 1.69 bits per heavy atom. The van der Waals surface area contributed by atoms with Crippen LogP contribution in [0.3, 0.4) is 0 Å². The lowest BCUT2D eigenvalue weighted by Gasteiger charge is -2.16. The van der Waals surface area contributed by atoms with Crippen molar-refractivity contribution in [2.45, 2.75) is 45.6 Å². The maximum Gasteiger partial charge on any atom is 0.328 e. The van der Waals surface area contributed by atoms with Gasteiger partial charge in [0.05, 0.1) is 7.11 Å². The number of carbonyl (C=O) groups is 3. The molecule has 32 heavy (non-hydrogen) atoms. The molecule has 168 valence electrons. The summed E-state index contributed by atoms with van der Waals surface area (Å²) in [6.07, 6.45) is 3.18. The molecular weight excluding hydrogens is 404 g/mol. The monoisotopic (exact) mass is 434 g/mol. The Kier molecular flexibility index (Phi) is 7.82. The number of aromatic nitrogens is 1. The number of hydrogen-bond acceptors (Lipinski definition) is 4. The number of fused-ring (bicyclic) bond motifs is 1. The first-order chi connectivity index (χ1) is 15.4. The fourth-order valence-corrected chi connectivity index (χ4v) is 3.79. The molecule has 0 bridgehead atoms. The van der Waals surface area contributed by atoms with Crippen LogP contribution in [0.5, 0.6) is 0 Å². The van der Waals surface area contributed by atoms with E-state index >= 15 is 0 Å². The number of carbonyl (C=O) groups excluding carboxylic acids is 3. The molecule has 3 aromatic rings. The smallest absolute Gasteiger partial charge is 0.328 e. The van der Waals surface area contributed by atoms with Crippen molar-refractivity contribution in [2.75, 3.05) is 7.11 Å². The van der Waals surface area contributed by atoms with Crippen molar-refractivity contribution in [1.82, 2.24) is 10.3 Å². The standard InChI is InChI=1S/C26H30N2O4/c1-17(2)14-18-8-10-19(11-9-18)24(29)12-13-25(30)28-23(26(31)32-3)15-20-16-27-22-7-5-4-6-21(20)22/h4-11,16-17,23,27H,12-15H2,1-3H3,(H,28,30)/t23-/m1/s1. The fourth-order valence-electron chi connectivity index (χ4n) is 3.79. The molecule has 0 aliphatic heterocycles. The van der Waals surface area contributed by atoms with Gasteiger partial charge in [-0.15, -0.1) is 0 Å². The van der Waals surface area contributed by atoms with E-state index in [1.54, 1.807) is 0 Å². The van der Waals surface area contributed by atoms with Gasteiger partial charge >= 0.3 is 5.97 Å². The van der Waals surface area contributed by atoms with Gasteiger partial charge in [-0.2, -0.15) is 0 Å². The molecule has 0 spiro atoms. The van der Waals surface area contributed by atoms with E-state index in [9.17, 15) is 14.4 Å². The molecule has 0 aliphatic carbocycles. The van der Waals surface area contributed by atoms with Crippen LogP contribution in [0.2, 0.25) is 0 Å². The van der Waals surface area contributed by atoms with Gasteiger partial charge in [-0.25, -0.2) is 4.79 Å². The predicted octanol–water partition coefficient (Wildman–Crippen LogP) is 4.23. The lowest BCUT2D eigenvalue weighted by molar-refractivity contribution is -0.145. The van der Waals surface area contributed by atoms with Crippen LogP contribution >= 0.6 is 0 Å². The molecule has 1 heterocycles. The van der Waals surface area contributed by atoms with E-state index in [0.717, 1.165) is 22.9 Å². The zero-order chi connectivity index (χ0) is 23.1. The van der Waals surface area contributed by atoms with Crippen LogP contribution in [0, 0.1) is 5.92 Å². The van der Waals surface area contributed by atoms with Crippen molar-refractivity contribution in [3.8, 4) is 0 Å². The lowest BCUT2D eigenvalue weighted by Crippen LogP contribution is -2.43. The third kappa shape index (κ3) is 6.06. The van der Waals surface area contributed by atoms with Crippen molar-refractivity contribution in [3.63, 3.8) is 0 Å². The molecule has 2 N–H and O–H groups in total. The van der Waals surface area contributed by atoms with Crippen molar-refractivity contribution in [3.05, 3.63) is 71.4 Å². The first-order valence-electron chi connectivity index (χ1n) is 10.9. The van der Waals surface area contributed by atoms with Crippen LogP contribution < -0.4 is 5.32 Å². The molecule has 0 saturated heterocycles. The highest BCUT2D eigenvalue weighted by Gasteiger charge is 2.23. The highest BCUT2D eigenvalue weighted by Crippen LogP contribution is 2.19. The van der Waals surface area contributed by atoms with Crippen LogP contribution in [-0.4, -0.2) is 35.8 Å². The Hall–Kier alpha value is -3.41. The zero-order valence-corrected chi connectivity index (χ0v) is 18.8. The van der Waals surface area contributed by atoms with E-state index in [1.807, 2.05) is 54.7 Å². The summed E-state index contributed by atoms with van der Waals surface area (Å²) < 4.78 is 4.88. The number of para-hydroxylation sites is 1. The second-order valence-corrected chi connectivity index (χ2v) is 8.42. The van der Waals surface area contributed by atoms with Gasteiger partial charge in [-0.3, -0.25) is 9.59 Å². The van der Waals surface area contributed by atoms with Crippen LogP contribution in [0.15, 0.2) is 54.7 Å². The Labute approximate surface area is 188 Å². The van der Waals surface area contributed by atoms with E-state index in [0.29, 0.717) is 17.9 Å². The number of hydrogen-bond donors (Lipinski definition) is 2. The Morgan fingerprint density at radius 1 is 0.969 bits per heavy atom. The number of nitrogens with one attached hydrogen (secondary N) is 2. The van der Waals surface area contributed by atoms with Crippen molar-refractivity contribution in [2.24, 2.45) is 5.92 Å². The molecule has 1 aromatic heterocycles. The third-order valence-electron chi connectivity index (χ3n) is 5.42. The second-order valence-electron chi connectivity index (χ2n) is 8.42. The van der Waals surface area contributed by atoms with E-state index in [1.165, 1.54) is 12.7 Å². The number of ether oxygens (including phenoxy) is 1. The van der Waals surface area contributed by atoms with Gasteiger partial charge in [0.2, 0.25) is 5.91 Å². The number of methoxy groups -OCH3 is 1. The summed E-state index contributed by atoms with van der Waals surface area (Å²) in [4.78, 5) is 40.4. The summed E-state index contributed by atoms with van der Waals surface area (Å²) in [5.74, 6) is -0.421. The Bertz CT molecular complexity index is 1080. The van der Waals surface area contributed by atoms with Crippen molar-refractivity contribution < 1.29 is 19.1 Å². The van der Waals surface area contributed by atoms with Gasteiger partial charge < -0.3 is 15.0 Å². The van der Waals surface area contributed by atoms with Gasteiger partial charge in [0.1, 0.15) is 6.04 Å². The third-order valence-corrected chi connectivity index (χ3v) is 5.42. The molecule has 3 rings (SSSR count). The predicted molar refractivity (Wildman–Crippen MR) is 124 cm³/mol. The van der Waals surface area contributed by atoms with Crippen LogP contribution in [0.1, 0.15) is 48.2 Å². The summed E-state index contributed by atoms with van der Waals surface area (Å²) in [5.41, 5.74) is 3.65. The van der Waals surface area contributed by atoms with Gasteiger partial charge in [0, 0.05) is 41.9 Å². The number of amides is 1. The molecule has 1 atom stereocenters. The molecule has 1 amide bonds. The topological polar surface area (TPSA) is 88.3 Å². The summed E-state index contributed by atoms with van der Waals surface area (Å²) in [7, 11) is 1.29. The number of benzene rings is 2. The summed E-state index contributed by atoms with van der Waals surface area (Å²) in [5, 5.41) is 3.72. The van der Waals surface area contributed by atoms with Gasteiger partial charge in [-0.1, -0.05) is 56.3 Å². The van der Waals surface area contributed by atoms with E-state index in [2.05, 4.69) is 24.1 Å². The van der Waals surface area contributed by atoms with E-state index in [4.69, 9.17) is 4.74 Å². The van der Waals surface area contributed by atoms with Crippen LogP contribution in [-0.2, 0) is 27.2 Å². The number of H-pyrrole nitrogens is 1. The van der Waals surface area contributed by atoms with Gasteiger partial charge in [0.25, 0.3) is 0 Å². The fraction of sp³-hybridized carbons (Fsp3) is 0.346. The molecule has 6 nitrogen and oxygen atoms in total. The number of aromatic amines is 1. The molecule has 0 saturated carbocycles. The molecule has 6 heteroatoms. The maximum atomic E-state index is 12.5. The second kappa shape index (κ2) is 10.8. The van der Waals surface area contributed by atoms with Crippen molar-refractivity contribution >= 4 is 28.6 Å². The minimum atomic E-state index is -0.822. The molecule has 0 fully saturated rings. The number of ketones is 1. The average molecular weight is 435 g/mol. The molecular formula is C26H30N2O4. The first kappa shape index (κ1) is 23.3. The Balaban J connectivity index is 1.58. The van der Waals surface area contributed by atoms with Gasteiger partial charge in [0.15, 0.2) is 5.78 Å². The number of esters is 1. The highest BCUT2D eigenvalue weighted by atomic mass is 16.5.